The highest BCUT2D eigenvalue weighted by molar-refractivity contribution is 5.32. The van der Waals surface area contributed by atoms with E-state index in [-0.39, 0.29) is 0 Å². The molecule has 2 N–H and O–H groups in total. The van der Waals surface area contributed by atoms with Crippen molar-refractivity contribution in [2.75, 3.05) is 0 Å². The van der Waals surface area contributed by atoms with Crippen LogP contribution in [0.3, 0.4) is 0 Å². The molecule has 0 saturated heterocycles. The minimum absolute atomic E-state index is 0.369. The summed E-state index contributed by atoms with van der Waals surface area (Å²) in [6, 6.07) is 8.99. The van der Waals surface area contributed by atoms with Gasteiger partial charge in [0.15, 0.2) is 0 Å². The lowest BCUT2D eigenvalue weighted by atomic mass is 9.89. The van der Waals surface area contributed by atoms with E-state index in [1.54, 1.807) is 0 Å². The number of rotatable bonds is 3. The topological polar surface area (TPSA) is 35.2 Å². The van der Waals surface area contributed by atoms with Crippen molar-refractivity contribution < 1.29 is 4.74 Å². The van der Waals surface area contributed by atoms with Crippen molar-refractivity contribution in [1.29, 1.82) is 0 Å². The van der Waals surface area contributed by atoms with E-state index in [1.165, 1.54) is 24.8 Å². The Morgan fingerprint density at radius 2 is 2.00 bits per heavy atom. The molecule has 2 nitrogen and oxygen atoms in total. The number of benzene rings is 1. The van der Waals surface area contributed by atoms with Crippen LogP contribution in [0.15, 0.2) is 24.3 Å². The second kappa shape index (κ2) is 4.34. The van der Waals surface area contributed by atoms with Crippen molar-refractivity contribution in [3.05, 3.63) is 29.8 Å². The van der Waals surface area contributed by atoms with Crippen LogP contribution >= 0.6 is 0 Å². The second-order valence-corrected chi connectivity index (χ2v) is 5.60. The van der Waals surface area contributed by atoms with E-state index in [1.807, 2.05) is 0 Å². The van der Waals surface area contributed by atoms with E-state index in [9.17, 15) is 0 Å². The Bertz CT molecular complexity index is 400. The van der Waals surface area contributed by atoms with Gasteiger partial charge in [0, 0.05) is 6.04 Å². The van der Waals surface area contributed by atoms with Crippen LogP contribution in [-0.2, 0) is 0 Å². The Morgan fingerprint density at radius 3 is 2.65 bits per heavy atom. The lowest BCUT2D eigenvalue weighted by Gasteiger charge is -2.19. The lowest BCUT2D eigenvalue weighted by molar-refractivity contribution is 0.302. The Morgan fingerprint density at radius 1 is 1.18 bits per heavy atom. The zero-order valence-electron chi connectivity index (χ0n) is 10.4. The van der Waals surface area contributed by atoms with Crippen molar-refractivity contribution in [3.8, 4) is 5.75 Å². The highest BCUT2D eigenvalue weighted by Gasteiger charge is 2.31. The van der Waals surface area contributed by atoms with E-state index < -0.39 is 0 Å². The normalized spacial score (nSPS) is 32.7. The highest BCUT2D eigenvalue weighted by Crippen LogP contribution is 2.40. The van der Waals surface area contributed by atoms with Crippen molar-refractivity contribution >= 4 is 0 Å². The monoisotopic (exact) mass is 231 g/mol. The summed E-state index contributed by atoms with van der Waals surface area (Å²) in [5, 5.41) is 0. The van der Waals surface area contributed by atoms with Crippen LogP contribution in [0.1, 0.15) is 44.1 Å². The predicted molar refractivity (Wildman–Crippen MR) is 69.2 cm³/mol. The molecule has 17 heavy (non-hydrogen) atoms. The van der Waals surface area contributed by atoms with Crippen LogP contribution in [0.25, 0.3) is 0 Å². The van der Waals surface area contributed by atoms with E-state index >= 15 is 0 Å². The molecule has 0 spiro atoms. The Balaban J connectivity index is 1.77. The van der Waals surface area contributed by atoms with E-state index in [2.05, 4.69) is 31.2 Å². The van der Waals surface area contributed by atoms with Crippen LogP contribution in [-0.4, -0.2) is 12.1 Å². The van der Waals surface area contributed by atoms with Crippen LogP contribution in [0.5, 0.6) is 5.75 Å². The average molecular weight is 231 g/mol. The molecule has 3 atom stereocenters. The van der Waals surface area contributed by atoms with Crippen molar-refractivity contribution in [1.82, 2.24) is 0 Å². The largest absolute Gasteiger partial charge is 0.490 e. The molecule has 2 saturated carbocycles. The maximum atomic E-state index is 6.10. The number of hydrogen-bond donors (Lipinski definition) is 1. The summed E-state index contributed by atoms with van der Waals surface area (Å²) >= 11 is 0. The summed E-state index contributed by atoms with van der Waals surface area (Å²) in [6.45, 7) is 2.27. The molecule has 92 valence electrons. The molecule has 0 radical (unpaired) electrons. The van der Waals surface area contributed by atoms with Crippen molar-refractivity contribution in [3.63, 3.8) is 0 Å². The van der Waals surface area contributed by atoms with Gasteiger partial charge in [-0.05, 0) is 55.2 Å². The third-order valence-corrected chi connectivity index (χ3v) is 4.23. The molecule has 2 aliphatic rings. The molecule has 3 rings (SSSR count). The molecular formula is C15H21NO. The third-order valence-electron chi connectivity index (χ3n) is 4.23. The Hall–Kier alpha value is -1.02. The van der Waals surface area contributed by atoms with Gasteiger partial charge < -0.3 is 10.5 Å². The number of ether oxygens (including phenoxy) is 1. The van der Waals surface area contributed by atoms with E-state index in [0.29, 0.717) is 24.0 Å². The predicted octanol–water partition coefficient (Wildman–Crippen LogP) is 3.07. The summed E-state index contributed by atoms with van der Waals surface area (Å²) in [6.07, 6.45) is 5.28. The molecular weight excluding hydrogens is 210 g/mol. The minimum Gasteiger partial charge on any atom is -0.490 e. The van der Waals surface area contributed by atoms with Crippen LogP contribution in [0.4, 0.5) is 0 Å². The van der Waals surface area contributed by atoms with Gasteiger partial charge in [0.25, 0.3) is 0 Å². The minimum atomic E-state index is 0.369. The molecule has 1 aromatic carbocycles. The first kappa shape index (κ1) is 11.1. The van der Waals surface area contributed by atoms with Gasteiger partial charge in [-0.1, -0.05) is 19.1 Å². The first-order valence-corrected chi connectivity index (χ1v) is 6.76. The fourth-order valence-electron chi connectivity index (χ4n) is 2.86. The first-order valence-electron chi connectivity index (χ1n) is 6.76. The van der Waals surface area contributed by atoms with Gasteiger partial charge in [-0.3, -0.25) is 0 Å². The standard InChI is InChI=1S/C15H21NO/c1-10-14(7-8-15(10)16)11-3-2-4-13(9-11)17-12-5-6-12/h2-4,9-10,12,14-15H,5-8,16H2,1H3. The molecule has 0 aromatic heterocycles. The molecule has 0 heterocycles. The van der Waals surface area contributed by atoms with Gasteiger partial charge in [0.05, 0.1) is 6.10 Å². The molecule has 2 aliphatic carbocycles. The molecule has 2 heteroatoms. The van der Waals surface area contributed by atoms with Gasteiger partial charge in [-0.15, -0.1) is 0 Å². The molecule has 1 aromatic rings. The molecule has 0 bridgehead atoms. The van der Waals surface area contributed by atoms with Crippen molar-refractivity contribution in [2.45, 2.75) is 50.7 Å². The second-order valence-electron chi connectivity index (χ2n) is 5.60. The zero-order chi connectivity index (χ0) is 11.8. The summed E-state index contributed by atoms with van der Waals surface area (Å²) in [7, 11) is 0. The van der Waals surface area contributed by atoms with Gasteiger partial charge >= 0.3 is 0 Å². The molecule has 2 fully saturated rings. The zero-order valence-corrected chi connectivity index (χ0v) is 10.4. The van der Waals surface area contributed by atoms with Gasteiger partial charge in [0.2, 0.25) is 0 Å². The maximum absolute atomic E-state index is 6.10. The number of hydrogen-bond acceptors (Lipinski definition) is 2. The quantitative estimate of drug-likeness (QED) is 0.867. The third kappa shape index (κ3) is 2.32. The molecule has 3 unspecified atom stereocenters. The van der Waals surface area contributed by atoms with Crippen molar-refractivity contribution in [2.24, 2.45) is 11.7 Å². The Labute approximate surface area is 103 Å². The molecule has 0 aliphatic heterocycles. The maximum Gasteiger partial charge on any atom is 0.120 e. The van der Waals surface area contributed by atoms with Gasteiger partial charge in [-0.25, -0.2) is 0 Å². The van der Waals surface area contributed by atoms with Crippen LogP contribution < -0.4 is 10.5 Å². The highest BCUT2D eigenvalue weighted by atomic mass is 16.5. The van der Waals surface area contributed by atoms with Gasteiger partial charge in [0.1, 0.15) is 5.75 Å². The summed E-state index contributed by atoms with van der Waals surface area (Å²) in [5.41, 5.74) is 7.51. The van der Waals surface area contributed by atoms with Crippen LogP contribution in [0.2, 0.25) is 0 Å². The summed E-state index contributed by atoms with van der Waals surface area (Å²) < 4.78 is 5.86. The average Bonchev–Trinajstić information content (AvgIpc) is 3.07. The van der Waals surface area contributed by atoms with E-state index in [0.717, 1.165) is 12.2 Å². The summed E-state index contributed by atoms with van der Waals surface area (Å²) in [4.78, 5) is 0. The SMILES string of the molecule is CC1C(N)CCC1c1cccc(OC2CC2)c1. The fourth-order valence-corrected chi connectivity index (χ4v) is 2.86. The van der Waals surface area contributed by atoms with Gasteiger partial charge in [-0.2, -0.15) is 0 Å². The smallest absolute Gasteiger partial charge is 0.120 e. The first-order chi connectivity index (χ1) is 8.24. The van der Waals surface area contributed by atoms with Crippen LogP contribution in [0, 0.1) is 5.92 Å². The molecule has 0 amide bonds. The summed E-state index contributed by atoms with van der Waals surface area (Å²) in [5.74, 6) is 2.25. The number of nitrogens with two attached hydrogens (primary N) is 1. The fraction of sp³-hybridized carbons (Fsp3) is 0.600. The Kier molecular flexibility index (Phi) is 2.83. The lowest BCUT2D eigenvalue weighted by Crippen LogP contribution is -2.24. The van der Waals surface area contributed by atoms with E-state index in [4.69, 9.17) is 10.5 Å².